The van der Waals surface area contributed by atoms with Gasteiger partial charge in [-0.25, -0.2) is 4.68 Å². The van der Waals surface area contributed by atoms with Gasteiger partial charge >= 0.3 is 0 Å². The third-order valence-electron chi connectivity index (χ3n) is 5.43. The molecule has 0 saturated heterocycles. The second-order valence-electron chi connectivity index (χ2n) is 8.17. The van der Waals surface area contributed by atoms with Crippen LogP contribution >= 0.6 is 0 Å². The number of nitriles is 1. The van der Waals surface area contributed by atoms with Gasteiger partial charge < -0.3 is 14.8 Å². The van der Waals surface area contributed by atoms with Crippen molar-refractivity contribution < 1.29 is 14.3 Å². The number of ether oxygens (including phenoxy) is 2. The van der Waals surface area contributed by atoms with Crippen molar-refractivity contribution in [3.63, 3.8) is 0 Å². The SMILES string of the molecule is CCCOc1cccc(-c2nn(-c3ccccc3)cc2C=C(C#N)C(=O)Nc2ccc(OCC)cc2)c1. The quantitative estimate of drug-likeness (QED) is 0.208. The summed E-state index contributed by atoms with van der Waals surface area (Å²) in [5.74, 6) is 0.932. The number of hydrogen-bond donors (Lipinski definition) is 1. The molecule has 0 fully saturated rings. The highest BCUT2D eigenvalue weighted by molar-refractivity contribution is 6.10. The van der Waals surface area contributed by atoms with E-state index in [2.05, 4.69) is 12.2 Å². The third-order valence-corrected chi connectivity index (χ3v) is 5.43. The minimum atomic E-state index is -0.509. The second-order valence-corrected chi connectivity index (χ2v) is 8.17. The van der Waals surface area contributed by atoms with Crippen LogP contribution in [0.5, 0.6) is 11.5 Å². The molecule has 0 aliphatic rings. The molecule has 1 amide bonds. The fraction of sp³-hybridized carbons (Fsp3) is 0.167. The van der Waals surface area contributed by atoms with Gasteiger partial charge in [0.15, 0.2) is 0 Å². The Morgan fingerprint density at radius 2 is 1.78 bits per heavy atom. The molecule has 7 heteroatoms. The van der Waals surface area contributed by atoms with Crippen molar-refractivity contribution in [2.24, 2.45) is 0 Å². The molecule has 1 N–H and O–H groups in total. The van der Waals surface area contributed by atoms with E-state index in [0.29, 0.717) is 35.9 Å². The largest absolute Gasteiger partial charge is 0.494 e. The number of nitrogens with one attached hydrogen (secondary N) is 1. The van der Waals surface area contributed by atoms with Crippen molar-refractivity contribution in [2.75, 3.05) is 18.5 Å². The van der Waals surface area contributed by atoms with Crippen LogP contribution in [-0.2, 0) is 4.79 Å². The van der Waals surface area contributed by atoms with Gasteiger partial charge in [-0.15, -0.1) is 0 Å². The number of amides is 1. The molecule has 7 nitrogen and oxygen atoms in total. The molecule has 0 saturated carbocycles. The minimum absolute atomic E-state index is 0.0406. The molecule has 0 spiro atoms. The number of para-hydroxylation sites is 1. The van der Waals surface area contributed by atoms with Crippen LogP contribution in [0.4, 0.5) is 5.69 Å². The zero-order chi connectivity index (χ0) is 26.0. The first-order valence-electron chi connectivity index (χ1n) is 12.2. The van der Waals surface area contributed by atoms with Gasteiger partial charge in [-0.1, -0.05) is 37.3 Å². The predicted octanol–water partition coefficient (Wildman–Crippen LogP) is 6.27. The lowest BCUT2D eigenvalue weighted by Gasteiger charge is -2.07. The molecule has 0 aliphatic carbocycles. The molecule has 1 heterocycles. The molecule has 0 aliphatic heterocycles. The van der Waals surface area contributed by atoms with Crippen LogP contribution < -0.4 is 14.8 Å². The fourth-order valence-corrected chi connectivity index (χ4v) is 3.69. The number of anilines is 1. The Kier molecular flexibility index (Phi) is 8.35. The Labute approximate surface area is 216 Å². The first kappa shape index (κ1) is 25.3. The Morgan fingerprint density at radius 1 is 1.00 bits per heavy atom. The van der Waals surface area contributed by atoms with Crippen LogP contribution in [0.1, 0.15) is 25.8 Å². The van der Waals surface area contributed by atoms with E-state index in [-0.39, 0.29) is 5.57 Å². The van der Waals surface area contributed by atoms with Gasteiger partial charge in [0.1, 0.15) is 28.8 Å². The van der Waals surface area contributed by atoms with Crippen LogP contribution in [0.2, 0.25) is 0 Å². The summed E-state index contributed by atoms with van der Waals surface area (Å²) in [4.78, 5) is 13.0. The van der Waals surface area contributed by atoms with E-state index in [1.54, 1.807) is 35.0 Å². The number of rotatable bonds is 10. The van der Waals surface area contributed by atoms with Gasteiger partial charge in [0.05, 0.1) is 18.9 Å². The van der Waals surface area contributed by atoms with Gasteiger partial charge in [-0.2, -0.15) is 10.4 Å². The summed E-state index contributed by atoms with van der Waals surface area (Å²) in [6, 6.07) is 26.3. The summed E-state index contributed by atoms with van der Waals surface area (Å²) in [6.07, 6.45) is 4.27. The molecular formula is C30H28N4O3. The number of benzene rings is 3. The van der Waals surface area contributed by atoms with Gasteiger partial charge in [-0.3, -0.25) is 4.79 Å². The molecule has 0 unspecified atom stereocenters. The molecule has 3 aromatic carbocycles. The van der Waals surface area contributed by atoms with E-state index in [9.17, 15) is 10.1 Å². The van der Waals surface area contributed by atoms with Gasteiger partial charge in [0.2, 0.25) is 0 Å². The van der Waals surface area contributed by atoms with Gasteiger partial charge in [0, 0.05) is 23.0 Å². The monoisotopic (exact) mass is 492 g/mol. The molecule has 0 radical (unpaired) electrons. The summed E-state index contributed by atoms with van der Waals surface area (Å²) in [5.41, 5.74) is 3.47. The number of hydrogen-bond acceptors (Lipinski definition) is 5. The summed E-state index contributed by atoms with van der Waals surface area (Å²) in [6.45, 7) is 5.12. The van der Waals surface area contributed by atoms with Crippen LogP contribution in [0.25, 0.3) is 23.0 Å². The van der Waals surface area contributed by atoms with Crippen LogP contribution in [0.3, 0.4) is 0 Å². The normalized spacial score (nSPS) is 11.0. The van der Waals surface area contributed by atoms with E-state index in [4.69, 9.17) is 14.6 Å². The zero-order valence-electron chi connectivity index (χ0n) is 20.8. The maximum atomic E-state index is 13.0. The van der Waals surface area contributed by atoms with E-state index in [1.165, 1.54) is 0 Å². The number of nitrogens with zero attached hydrogens (tertiary/aromatic N) is 3. The van der Waals surface area contributed by atoms with Crippen molar-refractivity contribution in [3.05, 3.63) is 96.2 Å². The Hall–Kier alpha value is -4.83. The van der Waals surface area contributed by atoms with Crippen molar-refractivity contribution in [2.45, 2.75) is 20.3 Å². The molecule has 1 aromatic heterocycles. The molecule has 0 bridgehead atoms. The third kappa shape index (κ3) is 6.44. The highest BCUT2D eigenvalue weighted by Gasteiger charge is 2.16. The minimum Gasteiger partial charge on any atom is -0.494 e. The molecule has 4 rings (SSSR count). The Morgan fingerprint density at radius 3 is 2.49 bits per heavy atom. The molecule has 186 valence electrons. The Bertz CT molecular complexity index is 1420. The predicted molar refractivity (Wildman–Crippen MR) is 145 cm³/mol. The van der Waals surface area contributed by atoms with E-state index < -0.39 is 5.91 Å². The van der Waals surface area contributed by atoms with Crippen molar-refractivity contribution >= 4 is 17.7 Å². The first-order valence-corrected chi connectivity index (χ1v) is 12.2. The molecule has 37 heavy (non-hydrogen) atoms. The molecule has 4 aromatic rings. The lowest BCUT2D eigenvalue weighted by molar-refractivity contribution is -0.112. The average Bonchev–Trinajstić information content (AvgIpc) is 3.36. The second kappa shape index (κ2) is 12.2. The average molecular weight is 493 g/mol. The summed E-state index contributed by atoms with van der Waals surface area (Å²) in [7, 11) is 0. The molecule has 0 atom stereocenters. The number of carbonyl (C=O) groups is 1. The van der Waals surface area contributed by atoms with Crippen LogP contribution in [-0.4, -0.2) is 28.9 Å². The fourth-order valence-electron chi connectivity index (χ4n) is 3.69. The van der Waals surface area contributed by atoms with E-state index in [1.807, 2.05) is 73.8 Å². The smallest absolute Gasteiger partial charge is 0.266 e. The maximum Gasteiger partial charge on any atom is 0.266 e. The van der Waals surface area contributed by atoms with Gasteiger partial charge in [-0.05, 0) is 68.0 Å². The van der Waals surface area contributed by atoms with Crippen molar-refractivity contribution in [1.82, 2.24) is 9.78 Å². The number of carbonyl (C=O) groups excluding carboxylic acids is 1. The maximum absolute atomic E-state index is 13.0. The van der Waals surface area contributed by atoms with Crippen molar-refractivity contribution in [1.29, 1.82) is 5.26 Å². The summed E-state index contributed by atoms with van der Waals surface area (Å²) in [5, 5.41) is 17.4. The van der Waals surface area contributed by atoms with E-state index >= 15 is 0 Å². The van der Waals surface area contributed by atoms with Gasteiger partial charge in [0.25, 0.3) is 5.91 Å². The highest BCUT2D eigenvalue weighted by atomic mass is 16.5. The Balaban J connectivity index is 1.69. The first-order chi connectivity index (χ1) is 18.1. The highest BCUT2D eigenvalue weighted by Crippen LogP contribution is 2.29. The topological polar surface area (TPSA) is 89.2 Å². The zero-order valence-corrected chi connectivity index (χ0v) is 20.8. The van der Waals surface area contributed by atoms with Crippen molar-refractivity contribution in [3.8, 4) is 34.5 Å². The van der Waals surface area contributed by atoms with Crippen LogP contribution in [0.15, 0.2) is 90.6 Å². The number of aromatic nitrogens is 2. The molecular weight excluding hydrogens is 464 g/mol. The lowest BCUT2D eigenvalue weighted by Crippen LogP contribution is -2.13. The summed E-state index contributed by atoms with van der Waals surface area (Å²) >= 11 is 0. The standard InChI is InChI=1S/C30H28N4O3/c1-3-17-37-28-12-8-9-22(19-28)29-24(21-34(33-29)26-10-6-5-7-11-26)18-23(20-31)30(35)32-25-13-15-27(16-14-25)36-4-2/h5-16,18-19,21H,3-4,17H2,1-2H3,(H,32,35). The van der Waals surface area contributed by atoms with E-state index in [0.717, 1.165) is 23.4 Å². The summed E-state index contributed by atoms with van der Waals surface area (Å²) < 4.78 is 13.0. The van der Waals surface area contributed by atoms with Crippen LogP contribution in [0, 0.1) is 11.3 Å². The lowest BCUT2D eigenvalue weighted by atomic mass is 10.1.